The van der Waals surface area contributed by atoms with Gasteiger partial charge in [0.2, 0.25) is 0 Å². The molecule has 0 radical (unpaired) electrons. The molecule has 0 aromatic heterocycles. The number of carbonyl (C=O) groups excluding carboxylic acids is 3. The lowest BCUT2D eigenvalue weighted by Crippen LogP contribution is -2.46. The van der Waals surface area contributed by atoms with E-state index in [2.05, 4.69) is 15.2 Å². The number of hydrogen-bond donors (Lipinski definition) is 2. The number of ketones is 2. The van der Waals surface area contributed by atoms with Crippen molar-refractivity contribution in [3.63, 3.8) is 0 Å². The fourth-order valence-corrected chi connectivity index (χ4v) is 1.76. The van der Waals surface area contributed by atoms with Gasteiger partial charge in [-0.05, 0) is 20.3 Å². The van der Waals surface area contributed by atoms with Crippen molar-refractivity contribution in [2.75, 3.05) is 19.8 Å². The highest BCUT2D eigenvalue weighted by atomic mass is 31.2. The fourth-order valence-electron chi connectivity index (χ4n) is 1.30. The number of carbonyl (C=O) groups is 3. The Morgan fingerprint density at radius 3 is 2.40 bits per heavy atom. The maximum Gasteiger partial charge on any atom is 0.315 e. The zero-order valence-electron chi connectivity index (χ0n) is 11.8. The standard InChI is InChI=1S/C11H21N2O6P.2H2/c1-8(14)7-10(9(2)15)13-11(16)12-5-4-6-19-20(3,17)18;;/h10H,4-7H2,1-3H3,(H,17,18)(H2,12,13,16);2*1H/p-1. The molecule has 0 aromatic carbocycles. The van der Waals surface area contributed by atoms with Crippen LogP contribution in [0, 0.1) is 0 Å². The van der Waals surface area contributed by atoms with Gasteiger partial charge in [0.1, 0.15) is 13.4 Å². The first kappa shape index (κ1) is 18.8. The number of hydrogen-bond acceptors (Lipinski definition) is 6. The summed E-state index contributed by atoms with van der Waals surface area (Å²) >= 11 is 0. The lowest BCUT2D eigenvalue weighted by Gasteiger charge is -2.18. The monoisotopic (exact) mass is 311 g/mol. The Morgan fingerprint density at radius 2 is 1.95 bits per heavy atom. The smallest absolute Gasteiger partial charge is 0.315 e. The molecule has 0 saturated heterocycles. The van der Waals surface area contributed by atoms with Gasteiger partial charge in [0.15, 0.2) is 5.78 Å². The van der Waals surface area contributed by atoms with Crippen LogP contribution in [-0.2, 0) is 18.7 Å². The molecule has 2 atom stereocenters. The molecule has 0 aliphatic carbocycles. The van der Waals surface area contributed by atoms with E-state index in [1.54, 1.807) is 0 Å². The maximum absolute atomic E-state index is 11.5. The largest absolute Gasteiger partial charge is 0.779 e. The molecule has 0 saturated carbocycles. The predicted octanol–water partition coefficient (Wildman–Crippen LogP) is 0.304. The van der Waals surface area contributed by atoms with Gasteiger partial charge in [0.05, 0.1) is 12.6 Å². The SMILES string of the molecule is CC(=O)CC(NC(=O)NCCCOP(C)(=O)[O-])C(C)=O.[HH].[HH]. The van der Waals surface area contributed by atoms with Gasteiger partial charge in [-0.25, -0.2) is 4.79 Å². The summed E-state index contributed by atoms with van der Waals surface area (Å²) in [6.45, 7) is 3.75. The second-order valence-electron chi connectivity index (χ2n) is 4.43. The summed E-state index contributed by atoms with van der Waals surface area (Å²) in [7, 11) is -3.74. The third-order valence-electron chi connectivity index (χ3n) is 2.22. The third kappa shape index (κ3) is 10.7. The topological polar surface area (TPSA) is 125 Å². The molecule has 0 heterocycles. The molecule has 9 heteroatoms. The predicted molar refractivity (Wildman–Crippen MR) is 74.6 cm³/mol. The van der Waals surface area contributed by atoms with Crippen molar-refractivity contribution in [3.05, 3.63) is 0 Å². The zero-order valence-corrected chi connectivity index (χ0v) is 12.7. The molecule has 120 valence electrons. The Bertz CT molecular complexity index is 415. The Morgan fingerprint density at radius 1 is 1.35 bits per heavy atom. The number of nitrogens with one attached hydrogen (secondary N) is 2. The molecule has 0 bridgehead atoms. The molecule has 0 aromatic rings. The quantitative estimate of drug-likeness (QED) is 0.466. The number of Topliss-reactive ketones (excluding diaryl/α,β-unsaturated/α-hetero) is 2. The average molecular weight is 311 g/mol. The highest BCUT2D eigenvalue weighted by molar-refractivity contribution is 7.50. The summed E-state index contributed by atoms with van der Waals surface area (Å²) in [5.41, 5.74) is 0. The van der Waals surface area contributed by atoms with Crippen LogP contribution in [0.5, 0.6) is 0 Å². The van der Waals surface area contributed by atoms with Crippen molar-refractivity contribution in [3.8, 4) is 0 Å². The van der Waals surface area contributed by atoms with Crippen LogP contribution in [0.25, 0.3) is 0 Å². The van der Waals surface area contributed by atoms with E-state index >= 15 is 0 Å². The molecule has 0 rings (SSSR count). The molecule has 8 nitrogen and oxygen atoms in total. The number of amides is 2. The second kappa shape index (κ2) is 8.84. The third-order valence-corrected chi connectivity index (χ3v) is 2.87. The summed E-state index contributed by atoms with van der Waals surface area (Å²) in [6.07, 6.45) is 0.256. The van der Waals surface area contributed by atoms with Crippen LogP contribution in [0.4, 0.5) is 4.79 Å². The van der Waals surface area contributed by atoms with Crippen LogP contribution in [0.15, 0.2) is 0 Å². The summed E-state index contributed by atoms with van der Waals surface area (Å²) in [5, 5.41) is 4.82. The Kier molecular flexibility index (Phi) is 8.29. The molecule has 0 aliphatic heterocycles. The molecule has 0 spiro atoms. The van der Waals surface area contributed by atoms with Crippen LogP contribution >= 0.6 is 7.60 Å². The highest BCUT2D eigenvalue weighted by Crippen LogP contribution is 2.30. The fraction of sp³-hybridized carbons (Fsp3) is 0.727. The first-order valence-electron chi connectivity index (χ1n) is 6.09. The van der Waals surface area contributed by atoms with Crippen molar-refractivity contribution >= 4 is 25.2 Å². The van der Waals surface area contributed by atoms with Crippen molar-refractivity contribution in [2.24, 2.45) is 0 Å². The zero-order chi connectivity index (χ0) is 15.8. The average Bonchev–Trinajstić information content (AvgIpc) is 2.25. The number of rotatable bonds is 9. The van der Waals surface area contributed by atoms with Crippen LogP contribution in [-0.4, -0.2) is 43.5 Å². The van der Waals surface area contributed by atoms with Gasteiger partial charge in [-0.3, -0.25) is 9.59 Å². The van der Waals surface area contributed by atoms with E-state index in [4.69, 9.17) is 0 Å². The van der Waals surface area contributed by atoms with Gasteiger partial charge in [-0.1, -0.05) is 0 Å². The van der Waals surface area contributed by atoms with E-state index in [1.807, 2.05) is 0 Å². The van der Waals surface area contributed by atoms with Gasteiger partial charge >= 0.3 is 6.03 Å². The van der Waals surface area contributed by atoms with Crippen molar-refractivity contribution in [1.29, 1.82) is 0 Å². The summed E-state index contributed by atoms with van der Waals surface area (Å²) < 4.78 is 15.2. The highest BCUT2D eigenvalue weighted by Gasteiger charge is 2.18. The maximum atomic E-state index is 11.5. The Labute approximate surface area is 120 Å². The van der Waals surface area contributed by atoms with E-state index in [0.717, 1.165) is 6.66 Å². The van der Waals surface area contributed by atoms with Crippen LogP contribution in [0.2, 0.25) is 0 Å². The minimum absolute atomic E-state index is 0. The van der Waals surface area contributed by atoms with Crippen LogP contribution in [0.1, 0.15) is 29.5 Å². The van der Waals surface area contributed by atoms with Gasteiger partial charge in [0.25, 0.3) is 0 Å². The first-order chi connectivity index (χ1) is 9.11. The summed E-state index contributed by atoms with van der Waals surface area (Å²) in [5.74, 6) is -0.509. The minimum atomic E-state index is -3.74. The van der Waals surface area contributed by atoms with Crippen molar-refractivity contribution < 1.29 is 31.2 Å². The van der Waals surface area contributed by atoms with Crippen molar-refractivity contribution in [2.45, 2.75) is 32.7 Å². The van der Waals surface area contributed by atoms with E-state index in [-0.39, 0.29) is 34.0 Å². The van der Waals surface area contributed by atoms with Crippen LogP contribution < -0.4 is 15.5 Å². The minimum Gasteiger partial charge on any atom is -0.779 e. The molecular weight excluding hydrogens is 287 g/mol. The lowest BCUT2D eigenvalue weighted by atomic mass is 10.1. The second-order valence-corrected chi connectivity index (χ2v) is 6.23. The first-order valence-corrected chi connectivity index (χ1v) is 8.08. The lowest BCUT2D eigenvalue weighted by molar-refractivity contribution is -0.196. The van der Waals surface area contributed by atoms with E-state index < -0.39 is 19.7 Å². The van der Waals surface area contributed by atoms with E-state index in [9.17, 15) is 23.8 Å². The summed E-state index contributed by atoms with van der Waals surface area (Å²) in [6, 6.07) is -1.44. The van der Waals surface area contributed by atoms with Gasteiger partial charge < -0.3 is 24.6 Å². The molecule has 0 aliphatic rings. The molecule has 0 fully saturated rings. The molecule has 20 heavy (non-hydrogen) atoms. The van der Waals surface area contributed by atoms with Gasteiger partial charge in [0, 0.05) is 22.5 Å². The number of urea groups is 1. The van der Waals surface area contributed by atoms with Crippen LogP contribution in [0.3, 0.4) is 0 Å². The molecule has 2 amide bonds. The normalized spacial score (nSPS) is 15.0. The molecular formula is C11H24N2O6P-. The molecule has 2 unspecified atom stereocenters. The van der Waals surface area contributed by atoms with E-state index in [0.29, 0.717) is 6.42 Å². The van der Waals surface area contributed by atoms with E-state index in [1.165, 1.54) is 13.8 Å². The summed E-state index contributed by atoms with van der Waals surface area (Å²) in [4.78, 5) is 44.3. The molecule has 2 N–H and O–H groups in total. The Balaban J connectivity index is -0.00000180. The Hall–Kier alpha value is -1.24. The van der Waals surface area contributed by atoms with Gasteiger partial charge in [-0.15, -0.1) is 0 Å². The van der Waals surface area contributed by atoms with Crippen molar-refractivity contribution in [1.82, 2.24) is 10.6 Å². The van der Waals surface area contributed by atoms with Gasteiger partial charge in [-0.2, -0.15) is 0 Å².